The number of hydrogen-bond acceptors (Lipinski definition) is 4. The maximum Gasteiger partial charge on any atom is 0.220 e. The van der Waals surface area contributed by atoms with Gasteiger partial charge in [-0.05, 0) is 17.0 Å². The van der Waals surface area contributed by atoms with E-state index in [1.54, 1.807) is 0 Å². The third kappa shape index (κ3) is 4.77. The first-order chi connectivity index (χ1) is 14.4. The highest BCUT2D eigenvalue weighted by molar-refractivity contribution is 5.76. The Morgan fingerprint density at radius 3 is 2.03 bits per heavy atom. The van der Waals surface area contributed by atoms with E-state index in [1.807, 2.05) is 74.5 Å². The Balaban J connectivity index is 1.81. The number of rotatable bonds is 10. The van der Waals surface area contributed by atoms with Crippen LogP contribution in [-0.4, -0.2) is 22.7 Å². The number of aliphatic hydroxyl groups is 1. The zero-order valence-electron chi connectivity index (χ0n) is 17.6. The summed E-state index contributed by atoms with van der Waals surface area (Å²) in [6.45, 7) is 4.00. The monoisotopic (exact) mass is 403 g/mol. The highest BCUT2D eigenvalue weighted by atomic mass is 16.3. The van der Waals surface area contributed by atoms with Gasteiger partial charge in [-0.2, -0.15) is 10.2 Å². The molecule has 0 aromatic heterocycles. The van der Waals surface area contributed by atoms with Crippen LogP contribution in [0, 0.1) is 18.3 Å². The first-order valence-corrected chi connectivity index (χ1v) is 10.4. The number of amides is 1. The molecule has 0 radical (unpaired) electrons. The minimum atomic E-state index is -1.36. The lowest BCUT2D eigenvalue weighted by atomic mass is 9.75. The molecule has 0 fully saturated rings. The molecule has 0 unspecified atom stereocenters. The van der Waals surface area contributed by atoms with Crippen molar-refractivity contribution >= 4 is 5.91 Å². The van der Waals surface area contributed by atoms with Gasteiger partial charge in [-0.1, -0.05) is 74.5 Å². The van der Waals surface area contributed by atoms with Gasteiger partial charge in [0.05, 0.1) is 6.04 Å². The molecule has 1 aliphatic rings. The average molecular weight is 404 g/mol. The Morgan fingerprint density at radius 1 is 1.07 bits per heavy atom. The third-order valence-electron chi connectivity index (χ3n) is 5.67. The van der Waals surface area contributed by atoms with Gasteiger partial charge in [-0.25, -0.2) is 0 Å². The van der Waals surface area contributed by atoms with Crippen LogP contribution in [-0.2, 0) is 10.4 Å². The lowest BCUT2D eigenvalue weighted by Gasteiger charge is -2.40. The van der Waals surface area contributed by atoms with E-state index in [9.17, 15) is 9.90 Å². The zero-order valence-corrected chi connectivity index (χ0v) is 17.6. The van der Waals surface area contributed by atoms with E-state index in [4.69, 9.17) is 6.42 Å². The van der Waals surface area contributed by atoms with E-state index in [1.165, 1.54) is 0 Å². The Morgan fingerprint density at radius 2 is 1.60 bits per heavy atom. The third-order valence-corrected chi connectivity index (χ3v) is 5.67. The largest absolute Gasteiger partial charge is 0.378 e. The van der Waals surface area contributed by atoms with E-state index >= 15 is 0 Å². The number of nitrogens with zero attached hydrogens (tertiary/aromatic N) is 2. The van der Waals surface area contributed by atoms with E-state index in [0.29, 0.717) is 19.3 Å². The summed E-state index contributed by atoms with van der Waals surface area (Å²) in [6, 6.07) is 18.5. The molecular formula is C25H29N3O2. The summed E-state index contributed by atoms with van der Waals surface area (Å²) in [5.41, 5.74) is -0.366. The lowest BCUT2D eigenvalue weighted by Crippen LogP contribution is -2.54. The van der Waals surface area contributed by atoms with Crippen LogP contribution in [0.1, 0.15) is 50.7 Å². The molecule has 1 atom stereocenters. The van der Waals surface area contributed by atoms with Gasteiger partial charge >= 0.3 is 0 Å². The van der Waals surface area contributed by atoms with Crippen LogP contribution >= 0.6 is 0 Å². The van der Waals surface area contributed by atoms with Crippen molar-refractivity contribution in [2.45, 2.75) is 56.8 Å². The Hall–Kier alpha value is -2.97. The SMILES string of the molecule is C#CCCC1(CCC(=O)N[C@H](C(C)C)C(O)(c2ccccc2)c2ccccc2)N=N1. The minimum Gasteiger partial charge on any atom is -0.378 e. The van der Waals surface area contributed by atoms with Crippen molar-refractivity contribution in [1.29, 1.82) is 0 Å². The van der Waals surface area contributed by atoms with Gasteiger partial charge in [-0.15, -0.1) is 12.3 Å². The molecule has 2 aromatic carbocycles. The molecule has 3 rings (SSSR count). The van der Waals surface area contributed by atoms with Gasteiger partial charge in [0.2, 0.25) is 5.91 Å². The standard InChI is InChI=1S/C25H29N3O2/c1-4-5-17-24(27-28-24)18-16-22(29)26-23(19(2)3)25(30,20-12-8-6-9-13-20)21-14-10-7-11-15-21/h1,6-15,19,23,30H,5,16-18H2,2-3H3,(H,26,29)/t23-/m1/s1. The molecule has 5 heteroatoms. The van der Waals surface area contributed by atoms with Crippen LogP contribution in [0.4, 0.5) is 0 Å². The van der Waals surface area contributed by atoms with E-state index in [2.05, 4.69) is 21.5 Å². The normalized spacial score (nSPS) is 15.4. The Labute approximate surface area is 178 Å². The van der Waals surface area contributed by atoms with Gasteiger partial charge in [0.25, 0.3) is 0 Å². The number of benzene rings is 2. The summed E-state index contributed by atoms with van der Waals surface area (Å²) in [6.07, 6.45) is 7.40. The van der Waals surface area contributed by atoms with Crippen molar-refractivity contribution in [1.82, 2.24) is 5.32 Å². The summed E-state index contributed by atoms with van der Waals surface area (Å²) in [4.78, 5) is 12.9. The minimum absolute atomic E-state index is 0.00920. The summed E-state index contributed by atoms with van der Waals surface area (Å²) in [5, 5.41) is 23.3. The number of carbonyl (C=O) groups is 1. The lowest BCUT2D eigenvalue weighted by molar-refractivity contribution is -0.124. The second-order valence-electron chi connectivity index (χ2n) is 8.17. The van der Waals surface area contributed by atoms with Crippen molar-refractivity contribution in [3.8, 4) is 12.3 Å². The van der Waals surface area contributed by atoms with Crippen molar-refractivity contribution in [2.24, 2.45) is 16.1 Å². The van der Waals surface area contributed by atoms with Crippen LogP contribution in [0.5, 0.6) is 0 Å². The number of hydrogen-bond donors (Lipinski definition) is 2. The molecule has 1 aliphatic heterocycles. The molecule has 0 saturated carbocycles. The predicted molar refractivity (Wildman–Crippen MR) is 118 cm³/mol. The van der Waals surface area contributed by atoms with Gasteiger partial charge in [-0.3, -0.25) is 4.79 Å². The van der Waals surface area contributed by atoms with Crippen LogP contribution in [0.15, 0.2) is 70.9 Å². The van der Waals surface area contributed by atoms with Crippen molar-refractivity contribution in [3.05, 3.63) is 71.8 Å². The molecule has 1 heterocycles. The number of terminal acetylenes is 1. The smallest absolute Gasteiger partial charge is 0.220 e. The topological polar surface area (TPSA) is 74.0 Å². The fraction of sp³-hybridized carbons (Fsp3) is 0.400. The van der Waals surface area contributed by atoms with Crippen molar-refractivity contribution in [3.63, 3.8) is 0 Å². The first-order valence-electron chi connectivity index (χ1n) is 10.4. The summed E-state index contributed by atoms with van der Waals surface area (Å²) in [7, 11) is 0. The molecule has 30 heavy (non-hydrogen) atoms. The van der Waals surface area contributed by atoms with E-state index in [-0.39, 0.29) is 18.2 Å². The second kappa shape index (κ2) is 9.23. The predicted octanol–water partition coefficient (Wildman–Crippen LogP) is 4.42. The van der Waals surface area contributed by atoms with E-state index in [0.717, 1.165) is 11.1 Å². The zero-order chi connectivity index (χ0) is 21.6. The average Bonchev–Trinajstić information content (AvgIpc) is 3.55. The molecule has 156 valence electrons. The van der Waals surface area contributed by atoms with Crippen molar-refractivity contribution in [2.75, 3.05) is 0 Å². The van der Waals surface area contributed by atoms with Gasteiger partial charge in [0.1, 0.15) is 5.60 Å². The number of nitrogens with one attached hydrogen (secondary N) is 1. The van der Waals surface area contributed by atoms with Crippen LogP contribution in [0.3, 0.4) is 0 Å². The summed E-state index contributed by atoms with van der Waals surface area (Å²) in [5.74, 6) is 2.46. The van der Waals surface area contributed by atoms with Crippen LogP contribution in [0.25, 0.3) is 0 Å². The molecular weight excluding hydrogens is 374 g/mol. The first kappa shape index (κ1) is 21.7. The number of carbonyl (C=O) groups excluding carboxylic acids is 1. The molecule has 5 nitrogen and oxygen atoms in total. The van der Waals surface area contributed by atoms with Crippen LogP contribution < -0.4 is 5.32 Å². The maximum absolute atomic E-state index is 12.9. The van der Waals surface area contributed by atoms with Crippen molar-refractivity contribution < 1.29 is 9.90 Å². The summed E-state index contributed by atoms with van der Waals surface area (Å²) >= 11 is 0. The van der Waals surface area contributed by atoms with Gasteiger partial charge < -0.3 is 10.4 Å². The van der Waals surface area contributed by atoms with Gasteiger partial charge in [0.15, 0.2) is 5.66 Å². The quantitative estimate of drug-likeness (QED) is 0.576. The molecule has 1 amide bonds. The van der Waals surface area contributed by atoms with E-state index < -0.39 is 17.3 Å². The molecule has 0 spiro atoms. The Kier molecular flexibility index (Phi) is 6.69. The highest BCUT2D eigenvalue weighted by Crippen LogP contribution is 2.38. The fourth-order valence-corrected chi connectivity index (χ4v) is 3.89. The van der Waals surface area contributed by atoms with Gasteiger partial charge in [0, 0.05) is 25.7 Å². The fourth-order valence-electron chi connectivity index (χ4n) is 3.89. The molecule has 2 N–H and O–H groups in total. The molecule has 0 saturated heterocycles. The molecule has 0 bridgehead atoms. The highest BCUT2D eigenvalue weighted by Gasteiger charge is 2.44. The van der Waals surface area contributed by atoms with Crippen LogP contribution in [0.2, 0.25) is 0 Å². The summed E-state index contributed by atoms with van der Waals surface area (Å²) < 4.78 is 0. The second-order valence-corrected chi connectivity index (χ2v) is 8.17. The maximum atomic E-state index is 12.9. The Bertz CT molecular complexity index is 871. The molecule has 2 aromatic rings. The molecule has 0 aliphatic carbocycles.